The van der Waals surface area contributed by atoms with Crippen LogP contribution in [0, 0.1) is 11.6 Å². The number of benzene rings is 2. The van der Waals surface area contributed by atoms with Gasteiger partial charge in [-0.3, -0.25) is 9.80 Å². The van der Waals surface area contributed by atoms with Crippen LogP contribution >= 0.6 is 0 Å². The van der Waals surface area contributed by atoms with Gasteiger partial charge in [-0.2, -0.15) is 0 Å². The molecule has 2 fully saturated rings. The highest BCUT2D eigenvalue weighted by Crippen LogP contribution is 2.30. The molecule has 0 saturated carbocycles. The molecular formula is C20H19F2N3O4. The Morgan fingerprint density at radius 3 is 2.45 bits per heavy atom. The molecule has 2 saturated heterocycles. The van der Waals surface area contributed by atoms with Gasteiger partial charge in [0.05, 0.1) is 24.5 Å². The van der Waals surface area contributed by atoms with Gasteiger partial charge in [-0.15, -0.1) is 0 Å². The molecule has 4 rings (SSSR count). The van der Waals surface area contributed by atoms with E-state index in [-0.39, 0.29) is 30.7 Å². The fraction of sp³-hybridized carbons (Fsp3) is 0.300. The Hall–Kier alpha value is -3.20. The van der Waals surface area contributed by atoms with Crippen molar-refractivity contribution in [2.24, 2.45) is 0 Å². The van der Waals surface area contributed by atoms with Crippen molar-refractivity contribution in [1.82, 2.24) is 4.90 Å². The number of rotatable bonds is 5. The van der Waals surface area contributed by atoms with Crippen molar-refractivity contribution in [3.8, 4) is 0 Å². The average molecular weight is 403 g/mol. The minimum atomic E-state index is -0.654. The standard InChI is InChI=1S/C20H19F2N3O4/c21-14-3-1-13(2-4-14)10-23-7-8-24(19(23)27)18-6-5-15(9-17(18)22)25-11-16(12-26)29-20(25)28/h1-6,9,16,26H,7-8,10-12H2/t16-/m1/s1. The second-order valence-electron chi connectivity index (χ2n) is 6.92. The van der Waals surface area contributed by atoms with Crippen molar-refractivity contribution < 1.29 is 28.2 Å². The number of urea groups is 1. The molecule has 7 nitrogen and oxygen atoms in total. The van der Waals surface area contributed by atoms with Gasteiger partial charge in [0.2, 0.25) is 0 Å². The predicted molar refractivity (Wildman–Crippen MR) is 101 cm³/mol. The average Bonchev–Trinajstić information content (AvgIpc) is 3.26. The van der Waals surface area contributed by atoms with Crippen LogP contribution in [0.4, 0.5) is 29.7 Å². The highest BCUT2D eigenvalue weighted by atomic mass is 19.1. The lowest BCUT2D eigenvalue weighted by molar-refractivity contribution is 0.0963. The van der Waals surface area contributed by atoms with Crippen molar-refractivity contribution in [1.29, 1.82) is 0 Å². The molecule has 1 N–H and O–H groups in total. The molecule has 9 heteroatoms. The molecule has 152 valence electrons. The molecule has 0 unspecified atom stereocenters. The number of nitrogens with zero attached hydrogens (tertiary/aromatic N) is 3. The minimum absolute atomic E-state index is 0.117. The van der Waals surface area contributed by atoms with E-state index in [1.807, 2.05) is 0 Å². The first-order valence-electron chi connectivity index (χ1n) is 9.15. The lowest BCUT2D eigenvalue weighted by atomic mass is 10.2. The maximum atomic E-state index is 14.8. The summed E-state index contributed by atoms with van der Waals surface area (Å²) in [6.45, 7) is 0.845. The lowest BCUT2D eigenvalue weighted by Gasteiger charge is -2.20. The molecule has 2 aliphatic rings. The minimum Gasteiger partial charge on any atom is -0.441 e. The van der Waals surface area contributed by atoms with Crippen LogP contribution in [0.2, 0.25) is 0 Å². The Labute approximate surface area is 165 Å². The monoisotopic (exact) mass is 403 g/mol. The molecule has 2 aliphatic heterocycles. The van der Waals surface area contributed by atoms with E-state index < -0.39 is 18.0 Å². The summed E-state index contributed by atoms with van der Waals surface area (Å²) in [6.07, 6.45) is -1.30. The first-order chi connectivity index (χ1) is 14.0. The van der Waals surface area contributed by atoms with Crippen LogP contribution in [0.25, 0.3) is 0 Å². The van der Waals surface area contributed by atoms with E-state index in [4.69, 9.17) is 9.84 Å². The molecule has 0 spiro atoms. The van der Waals surface area contributed by atoms with E-state index in [0.29, 0.717) is 25.3 Å². The van der Waals surface area contributed by atoms with Gasteiger partial charge in [-0.05, 0) is 35.9 Å². The molecular weight excluding hydrogens is 384 g/mol. The van der Waals surface area contributed by atoms with Crippen LogP contribution < -0.4 is 9.80 Å². The topological polar surface area (TPSA) is 73.3 Å². The van der Waals surface area contributed by atoms with Crippen LogP contribution in [-0.4, -0.2) is 54.5 Å². The highest BCUT2D eigenvalue weighted by molar-refractivity contribution is 5.95. The number of hydrogen-bond donors (Lipinski definition) is 1. The van der Waals surface area contributed by atoms with E-state index in [1.54, 1.807) is 17.0 Å². The Morgan fingerprint density at radius 2 is 1.79 bits per heavy atom. The molecule has 29 heavy (non-hydrogen) atoms. The van der Waals surface area contributed by atoms with Crippen LogP contribution in [-0.2, 0) is 11.3 Å². The fourth-order valence-electron chi connectivity index (χ4n) is 3.47. The third-order valence-electron chi connectivity index (χ3n) is 4.99. The summed E-state index contributed by atoms with van der Waals surface area (Å²) >= 11 is 0. The van der Waals surface area contributed by atoms with Crippen LogP contribution in [0.15, 0.2) is 42.5 Å². The fourth-order valence-corrected chi connectivity index (χ4v) is 3.47. The maximum Gasteiger partial charge on any atom is 0.414 e. The number of carbonyl (C=O) groups is 2. The van der Waals surface area contributed by atoms with E-state index in [9.17, 15) is 18.4 Å². The molecule has 0 aromatic heterocycles. The van der Waals surface area contributed by atoms with E-state index in [1.165, 1.54) is 40.1 Å². The first-order valence-corrected chi connectivity index (χ1v) is 9.15. The Balaban J connectivity index is 1.48. The third-order valence-corrected chi connectivity index (χ3v) is 4.99. The third kappa shape index (κ3) is 3.73. The highest BCUT2D eigenvalue weighted by Gasteiger charge is 2.34. The van der Waals surface area contributed by atoms with Crippen molar-refractivity contribution in [2.75, 3.05) is 36.0 Å². The molecule has 0 radical (unpaired) electrons. The number of aliphatic hydroxyl groups is 1. The van der Waals surface area contributed by atoms with Crippen LogP contribution in [0.5, 0.6) is 0 Å². The predicted octanol–water partition coefficient (Wildman–Crippen LogP) is 2.72. The Kier molecular flexibility index (Phi) is 5.06. The van der Waals surface area contributed by atoms with Crippen LogP contribution in [0.1, 0.15) is 5.56 Å². The molecule has 2 aromatic carbocycles. The largest absolute Gasteiger partial charge is 0.441 e. The molecule has 0 bridgehead atoms. The summed E-state index contributed by atoms with van der Waals surface area (Å²) in [7, 11) is 0. The number of aliphatic hydroxyl groups excluding tert-OH is 1. The number of cyclic esters (lactones) is 1. The number of ether oxygens (including phenoxy) is 1. The van der Waals surface area contributed by atoms with Gasteiger partial charge in [-0.25, -0.2) is 18.4 Å². The summed E-state index contributed by atoms with van der Waals surface area (Å²) in [6, 6.07) is 9.69. The van der Waals surface area contributed by atoms with E-state index in [2.05, 4.69) is 0 Å². The normalized spacial score (nSPS) is 19.3. The van der Waals surface area contributed by atoms with Gasteiger partial charge in [-0.1, -0.05) is 12.1 Å². The zero-order valence-corrected chi connectivity index (χ0v) is 15.4. The number of amides is 3. The summed E-state index contributed by atoms with van der Waals surface area (Å²) in [5, 5.41) is 9.12. The molecule has 2 aromatic rings. The zero-order valence-electron chi connectivity index (χ0n) is 15.4. The summed E-state index contributed by atoms with van der Waals surface area (Å²) in [4.78, 5) is 28.7. The molecule has 3 amide bonds. The smallest absolute Gasteiger partial charge is 0.414 e. The summed E-state index contributed by atoms with van der Waals surface area (Å²) < 4.78 is 32.8. The second-order valence-corrected chi connectivity index (χ2v) is 6.92. The van der Waals surface area contributed by atoms with Gasteiger partial charge in [0.25, 0.3) is 0 Å². The van der Waals surface area contributed by atoms with E-state index in [0.717, 1.165) is 5.56 Å². The van der Waals surface area contributed by atoms with Gasteiger partial charge >= 0.3 is 12.1 Å². The van der Waals surface area contributed by atoms with Crippen molar-refractivity contribution in [3.05, 3.63) is 59.7 Å². The quantitative estimate of drug-likeness (QED) is 0.833. The number of hydrogen-bond acceptors (Lipinski definition) is 4. The van der Waals surface area contributed by atoms with Crippen molar-refractivity contribution >= 4 is 23.5 Å². The van der Waals surface area contributed by atoms with Crippen molar-refractivity contribution in [2.45, 2.75) is 12.6 Å². The Morgan fingerprint density at radius 1 is 1.03 bits per heavy atom. The number of anilines is 2. The second kappa shape index (κ2) is 7.67. The lowest BCUT2D eigenvalue weighted by Crippen LogP contribution is -2.32. The Bertz CT molecular complexity index is 938. The molecule has 0 aliphatic carbocycles. The summed E-state index contributed by atoms with van der Waals surface area (Å²) in [5.74, 6) is -0.989. The van der Waals surface area contributed by atoms with E-state index >= 15 is 0 Å². The summed E-state index contributed by atoms with van der Waals surface area (Å²) in [5.41, 5.74) is 1.19. The maximum absolute atomic E-state index is 14.8. The van der Waals surface area contributed by atoms with Crippen molar-refractivity contribution in [3.63, 3.8) is 0 Å². The number of halogens is 2. The van der Waals surface area contributed by atoms with Gasteiger partial charge in [0.15, 0.2) is 0 Å². The SMILES string of the molecule is O=C1O[C@@H](CO)CN1c1ccc(N2CCN(Cc3ccc(F)cc3)C2=O)c(F)c1. The van der Waals surface area contributed by atoms with Gasteiger partial charge < -0.3 is 14.7 Å². The zero-order chi connectivity index (χ0) is 20.5. The van der Waals surface area contributed by atoms with Gasteiger partial charge in [0.1, 0.15) is 17.7 Å². The molecule has 2 heterocycles. The van der Waals surface area contributed by atoms with Gasteiger partial charge in [0, 0.05) is 19.6 Å². The first kappa shape index (κ1) is 19.1. The van der Waals surface area contributed by atoms with Crippen LogP contribution in [0.3, 0.4) is 0 Å². The molecule has 1 atom stereocenters. The number of carbonyl (C=O) groups excluding carboxylic acids is 2.